The highest BCUT2D eigenvalue weighted by Gasteiger charge is 2.19. The quantitative estimate of drug-likeness (QED) is 0.172. The number of para-hydroxylation sites is 2. The standard InChI is InChI=1S/C52H34N4/c1-4-14-36(15-5-1)46-32-39(33-47(54-46)37-16-6-2-7-17-37)35-25-28-41(29-26-35)56-50-34-38(27-30-43(50)44-22-13-31-53-52(44)56)42-21-12-24-49-51(42)45-20-10-11-23-48(45)55(49)40-18-8-3-9-19-40/h1-34H. The zero-order valence-corrected chi connectivity index (χ0v) is 30.4. The molecule has 0 aliphatic rings. The molecule has 0 unspecified atom stereocenters. The summed E-state index contributed by atoms with van der Waals surface area (Å²) in [7, 11) is 0. The van der Waals surface area contributed by atoms with Crippen molar-refractivity contribution in [3.05, 3.63) is 206 Å². The van der Waals surface area contributed by atoms with Crippen LogP contribution in [0, 0.1) is 0 Å². The van der Waals surface area contributed by atoms with Crippen molar-refractivity contribution in [2.75, 3.05) is 0 Å². The van der Waals surface area contributed by atoms with Crippen LogP contribution in [0.1, 0.15) is 0 Å². The largest absolute Gasteiger partial charge is 0.309 e. The van der Waals surface area contributed by atoms with E-state index in [0.29, 0.717) is 0 Å². The summed E-state index contributed by atoms with van der Waals surface area (Å²) < 4.78 is 4.69. The lowest BCUT2D eigenvalue weighted by molar-refractivity contribution is 1.14. The van der Waals surface area contributed by atoms with Gasteiger partial charge in [0, 0.05) is 50.2 Å². The van der Waals surface area contributed by atoms with Gasteiger partial charge in [-0.1, -0.05) is 133 Å². The molecule has 0 aliphatic carbocycles. The Morgan fingerprint density at radius 1 is 0.339 bits per heavy atom. The average molecular weight is 715 g/mol. The van der Waals surface area contributed by atoms with Crippen LogP contribution in [0.2, 0.25) is 0 Å². The predicted octanol–water partition coefficient (Wildman–Crippen LogP) is 13.3. The third-order valence-electron chi connectivity index (χ3n) is 11.0. The summed E-state index contributed by atoms with van der Waals surface area (Å²) in [6.07, 6.45) is 1.89. The molecule has 7 aromatic carbocycles. The summed E-state index contributed by atoms with van der Waals surface area (Å²) in [6.45, 7) is 0. The summed E-state index contributed by atoms with van der Waals surface area (Å²) in [6, 6.07) is 71.2. The SMILES string of the molecule is c1ccc(-c2cc(-c3ccc(-n4c5cc(-c6cccc7c6c6ccccc6n7-c6ccccc6)ccc5c5cccnc54)cc3)cc(-c3ccccc3)n2)cc1. The van der Waals surface area contributed by atoms with Gasteiger partial charge in [-0.05, 0) is 89.0 Å². The van der Waals surface area contributed by atoms with Crippen molar-refractivity contribution < 1.29 is 0 Å². The smallest absolute Gasteiger partial charge is 0.145 e. The van der Waals surface area contributed by atoms with E-state index < -0.39 is 0 Å². The van der Waals surface area contributed by atoms with Gasteiger partial charge in [0.25, 0.3) is 0 Å². The van der Waals surface area contributed by atoms with Gasteiger partial charge in [-0.3, -0.25) is 4.57 Å². The molecule has 0 saturated carbocycles. The Hall–Kier alpha value is -7.56. The Balaban J connectivity index is 1.07. The first-order valence-corrected chi connectivity index (χ1v) is 19.0. The van der Waals surface area contributed by atoms with Crippen LogP contribution in [0.3, 0.4) is 0 Å². The number of hydrogen-bond acceptors (Lipinski definition) is 2. The molecule has 56 heavy (non-hydrogen) atoms. The maximum absolute atomic E-state index is 5.10. The molecule has 11 aromatic rings. The van der Waals surface area contributed by atoms with Gasteiger partial charge >= 0.3 is 0 Å². The number of nitrogens with zero attached hydrogens (tertiary/aromatic N) is 4. The molecule has 4 nitrogen and oxygen atoms in total. The minimum atomic E-state index is 0.938. The molecule has 11 rings (SSSR count). The predicted molar refractivity (Wildman–Crippen MR) is 232 cm³/mol. The van der Waals surface area contributed by atoms with Crippen molar-refractivity contribution in [3.63, 3.8) is 0 Å². The van der Waals surface area contributed by atoms with Gasteiger partial charge in [0.1, 0.15) is 5.65 Å². The van der Waals surface area contributed by atoms with Gasteiger partial charge in [-0.15, -0.1) is 0 Å². The topological polar surface area (TPSA) is 35.6 Å². The van der Waals surface area contributed by atoms with Crippen molar-refractivity contribution >= 4 is 43.7 Å². The van der Waals surface area contributed by atoms with Gasteiger partial charge in [0.15, 0.2) is 0 Å². The molecule has 0 N–H and O–H groups in total. The van der Waals surface area contributed by atoms with Crippen molar-refractivity contribution in [3.8, 4) is 56.1 Å². The molecule has 262 valence electrons. The zero-order valence-electron chi connectivity index (χ0n) is 30.4. The molecular weight excluding hydrogens is 681 g/mol. The number of fused-ring (bicyclic) bond motifs is 6. The number of pyridine rings is 2. The van der Waals surface area contributed by atoms with E-state index in [1.807, 2.05) is 24.4 Å². The van der Waals surface area contributed by atoms with E-state index in [-0.39, 0.29) is 0 Å². The second-order valence-electron chi connectivity index (χ2n) is 14.2. The molecule has 0 bridgehead atoms. The van der Waals surface area contributed by atoms with Crippen LogP contribution >= 0.6 is 0 Å². The number of benzene rings is 7. The first kappa shape index (κ1) is 31.9. The first-order valence-electron chi connectivity index (χ1n) is 19.0. The molecule has 0 saturated heterocycles. The van der Waals surface area contributed by atoms with E-state index in [0.717, 1.165) is 61.6 Å². The monoisotopic (exact) mass is 714 g/mol. The van der Waals surface area contributed by atoms with Crippen molar-refractivity contribution in [2.24, 2.45) is 0 Å². The third-order valence-corrected chi connectivity index (χ3v) is 11.0. The molecule has 0 fully saturated rings. The van der Waals surface area contributed by atoms with Gasteiger partial charge in [0.05, 0.1) is 27.9 Å². The van der Waals surface area contributed by atoms with Crippen LogP contribution in [0.4, 0.5) is 0 Å². The molecule has 4 heteroatoms. The highest BCUT2D eigenvalue weighted by Crippen LogP contribution is 2.41. The van der Waals surface area contributed by atoms with Crippen LogP contribution in [-0.2, 0) is 0 Å². The highest BCUT2D eigenvalue weighted by atomic mass is 15.0. The van der Waals surface area contributed by atoms with Gasteiger partial charge in [-0.25, -0.2) is 9.97 Å². The van der Waals surface area contributed by atoms with E-state index in [4.69, 9.17) is 9.97 Å². The van der Waals surface area contributed by atoms with E-state index in [1.165, 1.54) is 38.3 Å². The fourth-order valence-corrected chi connectivity index (χ4v) is 8.40. The number of aromatic nitrogens is 4. The normalized spacial score (nSPS) is 11.6. The van der Waals surface area contributed by atoms with Crippen molar-refractivity contribution in [1.82, 2.24) is 19.1 Å². The summed E-state index contributed by atoms with van der Waals surface area (Å²) >= 11 is 0. The van der Waals surface area contributed by atoms with Crippen LogP contribution in [0.15, 0.2) is 206 Å². The molecule has 4 heterocycles. The summed E-state index contributed by atoms with van der Waals surface area (Å²) in [5, 5.41) is 4.79. The number of hydrogen-bond donors (Lipinski definition) is 0. The van der Waals surface area contributed by atoms with Crippen molar-refractivity contribution in [2.45, 2.75) is 0 Å². The fourth-order valence-electron chi connectivity index (χ4n) is 8.40. The molecule has 0 aliphatic heterocycles. The van der Waals surface area contributed by atoms with Gasteiger partial charge in [0.2, 0.25) is 0 Å². The number of rotatable bonds is 6. The third kappa shape index (κ3) is 5.23. The molecule has 4 aromatic heterocycles. The lowest BCUT2D eigenvalue weighted by Gasteiger charge is -2.12. The van der Waals surface area contributed by atoms with Crippen LogP contribution in [0.5, 0.6) is 0 Å². The van der Waals surface area contributed by atoms with E-state index in [1.54, 1.807) is 0 Å². The van der Waals surface area contributed by atoms with Gasteiger partial charge in [-0.2, -0.15) is 0 Å². The maximum Gasteiger partial charge on any atom is 0.145 e. The molecular formula is C52H34N4. The molecule has 0 amide bonds. The van der Waals surface area contributed by atoms with Gasteiger partial charge < -0.3 is 4.57 Å². The fraction of sp³-hybridized carbons (Fsp3) is 0. The summed E-state index contributed by atoms with van der Waals surface area (Å²) in [4.78, 5) is 10.0. The molecule has 0 atom stereocenters. The zero-order chi connectivity index (χ0) is 37.0. The second-order valence-corrected chi connectivity index (χ2v) is 14.2. The molecule has 0 spiro atoms. The van der Waals surface area contributed by atoms with E-state index in [2.05, 4.69) is 191 Å². The van der Waals surface area contributed by atoms with E-state index in [9.17, 15) is 0 Å². The Kier molecular flexibility index (Phi) is 7.46. The molecule has 0 radical (unpaired) electrons. The first-order chi connectivity index (χ1) is 27.8. The maximum atomic E-state index is 5.10. The van der Waals surface area contributed by atoms with Crippen LogP contribution < -0.4 is 0 Å². The Labute approximate surface area is 324 Å². The van der Waals surface area contributed by atoms with E-state index >= 15 is 0 Å². The Morgan fingerprint density at radius 2 is 0.946 bits per heavy atom. The minimum absolute atomic E-state index is 0.938. The van der Waals surface area contributed by atoms with Crippen LogP contribution in [0.25, 0.3) is 99.9 Å². The lowest BCUT2D eigenvalue weighted by atomic mass is 9.98. The summed E-state index contributed by atoms with van der Waals surface area (Å²) in [5.41, 5.74) is 15.4. The summed E-state index contributed by atoms with van der Waals surface area (Å²) in [5.74, 6) is 0. The second kappa shape index (κ2) is 13.1. The van der Waals surface area contributed by atoms with Crippen LogP contribution in [-0.4, -0.2) is 19.1 Å². The lowest BCUT2D eigenvalue weighted by Crippen LogP contribution is -1.96. The Bertz CT molecular complexity index is 3160. The van der Waals surface area contributed by atoms with Crippen molar-refractivity contribution in [1.29, 1.82) is 0 Å². The Morgan fingerprint density at radius 3 is 1.68 bits per heavy atom. The average Bonchev–Trinajstić information content (AvgIpc) is 3.80. The minimum Gasteiger partial charge on any atom is -0.309 e. The highest BCUT2D eigenvalue weighted by molar-refractivity contribution is 6.17.